The number of amides is 3. The van der Waals surface area contributed by atoms with Crippen LogP contribution in [0.5, 0.6) is 11.5 Å². The van der Waals surface area contributed by atoms with Crippen molar-refractivity contribution >= 4 is 52.2 Å². The van der Waals surface area contributed by atoms with E-state index >= 15 is 0 Å². The lowest BCUT2D eigenvalue weighted by Crippen LogP contribution is -2.33. The van der Waals surface area contributed by atoms with Crippen LogP contribution in [0.1, 0.15) is 27.5 Å². The Morgan fingerprint density at radius 3 is 2.12 bits per heavy atom. The number of hydrogen-bond acceptors (Lipinski definition) is 8. The average molecular weight is 724 g/mol. The molecule has 49 heavy (non-hydrogen) atoms. The van der Waals surface area contributed by atoms with Crippen molar-refractivity contribution in [2.45, 2.75) is 35.1 Å². The van der Waals surface area contributed by atoms with Crippen molar-refractivity contribution in [1.82, 2.24) is 4.57 Å². The number of thiazole rings is 1. The fourth-order valence-corrected chi connectivity index (χ4v) is 8.75. The Balaban J connectivity index is 1.45. The Hall–Kier alpha value is -4.77. The molecule has 0 spiro atoms. The first-order chi connectivity index (χ1) is 23.1. The average Bonchev–Trinajstić information content (AvgIpc) is 3.49. The standard InChI is InChI=1S/C32H23F6N3O6S2/c1-46-20-12-11-15(13-21(20)47-2)23-24-25(28(44)41(27(24)43)19-10-6-4-8-17(19)32(36,37)38)48-29-26(23)49-30(45)40(29)14-22(42)39-18-9-5-3-7-16(18)31(33,34)35/h3-13,23-25H,14H2,1-2H3,(H,39,42)/t23-,24-,25+/m0/s1. The zero-order valence-electron chi connectivity index (χ0n) is 25.2. The third-order valence-corrected chi connectivity index (χ3v) is 10.7. The fourth-order valence-electron chi connectivity index (χ4n) is 5.98. The van der Waals surface area contributed by atoms with E-state index in [0.717, 1.165) is 52.7 Å². The molecule has 1 fully saturated rings. The molecule has 17 heteroatoms. The topological polar surface area (TPSA) is 107 Å². The smallest absolute Gasteiger partial charge is 0.418 e. The van der Waals surface area contributed by atoms with Gasteiger partial charge < -0.3 is 14.8 Å². The molecule has 6 rings (SSSR count). The number of halogens is 6. The minimum Gasteiger partial charge on any atom is -0.493 e. The number of hydrogen-bond donors (Lipinski definition) is 1. The molecule has 2 aliphatic heterocycles. The summed E-state index contributed by atoms with van der Waals surface area (Å²) in [5, 5.41) is 0.914. The summed E-state index contributed by atoms with van der Waals surface area (Å²) in [5.41, 5.74) is -3.15. The third-order valence-electron chi connectivity index (χ3n) is 8.07. The van der Waals surface area contributed by atoms with Crippen molar-refractivity contribution in [3.63, 3.8) is 0 Å². The fraction of sp³-hybridized carbons (Fsp3) is 0.250. The van der Waals surface area contributed by atoms with Crippen LogP contribution in [-0.4, -0.2) is 41.8 Å². The molecule has 1 saturated heterocycles. The number of carbonyl (C=O) groups excluding carboxylic acids is 3. The molecular formula is C32H23F6N3O6S2. The minimum absolute atomic E-state index is 0.0717. The molecule has 9 nitrogen and oxygen atoms in total. The molecule has 0 bridgehead atoms. The number of aromatic nitrogens is 1. The van der Waals surface area contributed by atoms with Crippen LogP contribution in [0.15, 0.2) is 76.6 Å². The number of benzene rings is 3. The van der Waals surface area contributed by atoms with Crippen molar-refractivity contribution in [2.75, 3.05) is 24.4 Å². The molecule has 256 valence electrons. The molecule has 0 radical (unpaired) electrons. The second-order valence-corrected chi connectivity index (χ2v) is 13.0. The lowest BCUT2D eigenvalue weighted by molar-refractivity contribution is -0.138. The monoisotopic (exact) mass is 723 g/mol. The summed E-state index contributed by atoms with van der Waals surface area (Å²) in [6.45, 7) is -0.761. The molecule has 2 aliphatic rings. The van der Waals surface area contributed by atoms with Gasteiger partial charge in [-0.1, -0.05) is 53.4 Å². The van der Waals surface area contributed by atoms with Crippen molar-refractivity contribution < 1.29 is 50.2 Å². The lowest BCUT2D eigenvalue weighted by atomic mass is 9.83. The quantitative estimate of drug-likeness (QED) is 0.174. The molecule has 1 aromatic heterocycles. The van der Waals surface area contributed by atoms with Crippen LogP contribution in [0.25, 0.3) is 0 Å². The van der Waals surface area contributed by atoms with Crippen LogP contribution in [-0.2, 0) is 33.3 Å². The van der Waals surface area contributed by atoms with Gasteiger partial charge in [0.15, 0.2) is 11.5 Å². The number of nitrogens with zero attached hydrogens (tertiary/aromatic N) is 2. The summed E-state index contributed by atoms with van der Waals surface area (Å²) < 4.78 is 94.5. The number of ether oxygens (including phenoxy) is 2. The second-order valence-electron chi connectivity index (χ2n) is 10.9. The number of anilines is 2. The van der Waals surface area contributed by atoms with E-state index in [0.29, 0.717) is 27.5 Å². The summed E-state index contributed by atoms with van der Waals surface area (Å²) in [6, 6.07) is 13.0. The minimum atomic E-state index is -4.90. The van der Waals surface area contributed by atoms with Crippen molar-refractivity contribution in [2.24, 2.45) is 5.92 Å². The third kappa shape index (κ3) is 6.05. The summed E-state index contributed by atoms with van der Waals surface area (Å²) in [4.78, 5) is 54.6. The zero-order chi connectivity index (χ0) is 35.4. The van der Waals surface area contributed by atoms with Crippen molar-refractivity contribution in [1.29, 1.82) is 0 Å². The highest BCUT2D eigenvalue weighted by Gasteiger charge is 2.58. The molecule has 0 unspecified atom stereocenters. The SMILES string of the molecule is COc1ccc([C@@H]2c3sc(=O)n(CC(=O)Nc4ccccc4C(F)(F)F)c3S[C@H]3C(=O)N(c4ccccc4C(F)(F)F)C(=O)[C@@H]23)cc1OC. The first-order valence-corrected chi connectivity index (χ1v) is 16.0. The molecule has 3 amide bonds. The maximum atomic E-state index is 14.1. The number of rotatable bonds is 7. The molecule has 3 heterocycles. The van der Waals surface area contributed by atoms with E-state index in [2.05, 4.69) is 5.32 Å². The lowest BCUT2D eigenvalue weighted by Gasteiger charge is -2.31. The van der Waals surface area contributed by atoms with Gasteiger partial charge in [0.1, 0.15) is 11.8 Å². The molecule has 3 aromatic carbocycles. The second kappa shape index (κ2) is 12.6. The van der Waals surface area contributed by atoms with Gasteiger partial charge in [-0.15, -0.1) is 0 Å². The van der Waals surface area contributed by atoms with Crippen LogP contribution < -0.4 is 24.6 Å². The predicted octanol–water partition coefficient (Wildman–Crippen LogP) is 6.40. The van der Waals surface area contributed by atoms with Crippen molar-refractivity contribution in [3.05, 3.63) is 98.0 Å². The van der Waals surface area contributed by atoms with Gasteiger partial charge in [-0.25, -0.2) is 4.90 Å². The Kier molecular flexibility index (Phi) is 8.77. The summed E-state index contributed by atoms with van der Waals surface area (Å²) >= 11 is 1.38. The van der Waals surface area contributed by atoms with Gasteiger partial charge in [-0.05, 0) is 42.0 Å². The number of alkyl halides is 6. The molecule has 4 aromatic rings. The maximum absolute atomic E-state index is 14.1. The highest BCUT2D eigenvalue weighted by atomic mass is 32.2. The van der Waals surface area contributed by atoms with Gasteiger partial charge in [0.25, 0.3) is 0 Å². The predicted molar refractivity (Wildman–Crippen MR) is 167 cm³/mol. The van der Waals surface area contributed by atoms with Crippen molar-refractivity contribution in [3.8, 4) is 11.5 Å². The number of nitrogens with one attached hydrogen (secondary N) is 1. The van der Waals surface area contributed by atoms with Gasteiger partial charge in [0.05, 0.1) is 47.7 Å². The molecule has 0 aliphatic carbocycles. The highest BCUT2D eigenvalue weighted by Crippen LogP contribution is 2.55. The van der Waals surface area contributed by atoms with Gasteiger partial charge in [-0.3, -0.25) is 23.7 Å². The first-order valence-electron chi connectivity index (χ1n) is 14.3. The maximum Gasteiger partial charge on any atom is 0.418 e. The highest BCUT2D eigenvalue weighted by molar-refractivity contribution is 8.00. The van der Waals surface area contributed by atoms with E-state index in [1.165, 1.54) is 38.5 Å². The number of imide groups is 1. The van der Waals surface area contributed by atoms with E-state index in [1.807, 2.05) is 0 Å². The number of fused-ring (bicyclic) bond motifs is 2. The first kappa shape index (κ1) is 34.1. The number of thioether (sulfide) groups is 1. The Labute approximate surface area is 281 Å². The van der Waals surface area contributed by atoms with Crippen LogP contribution in [0.4, 0.5) is 37.7 Å². The van der Waals surface area contributed by atoms with E-state index in [9.17, 15) is 45.5 Å². The van der Waals surface area contributed by atoms with E-state index in [1.54, 1.807) is 6.07 Å². The molecule has 1 N–H and O–H groups in total. The zero-order valence-corrected chi connectivity index (χ0v) is 26.9. The number of methoxy groups -OCH3 is 2. The van der Waals surface area contributed by atoms with Crippen LogP contribution in [0, 0.1) is 5.92 Å². The molecular weight excluding hydrogens is 700 g/mol. The Morgan fingerprint density at radius 1 is 0.837 bits per heavy atom. The van der Waals surface area contributed by atoms with E-state index in [4.69, 9.17) is 9.47 Å². The summed E-state index contributed by atoms with van der Waals surface area (Å²) in [5.74, 6) is -4.72. The molecule has 3 atom stereocenters. The van der Waals surface area contributed by atoms with Gasteiger partial charge >= 0.3 is 17.2 Å². The Bertz CT molecular complexity index is 2040. The van der Waals surface area contributed by atoms with E-state index in [-0.39, 0.29) is 15.7 Å². The van der Waals surface area contributed by atoms with Crippen LogP contribution >= 0.6 is 23.1 Å². The number of para-hydroxylation sites is 2. The van der Waals surface area contributed by atoms with Crippen LogP contribution in [0.3, 0.4) is 0 Å². The number of carbonyl (C=O) groups is 3. The van der Waals surface area contributed by atoms with E-state index < -0.39 is 81.1 Å². The largest absolute Gasteiger partial charge is 0.493 e. The van der Waals surface area contributed by atoms with Gasteiger partial charge in [-0.2, -0.15) is 26.3 Å². The summed E-state index contributed by atoms with van der Waals surface area (Å²) in [6.07, 6.45) is -9.69. The normalized spacial score (nSPS) is 19.0. The molecule has 0 saturated carbocycles. The summed E-state index contributed by atoms with van der Waals surface area (Å²) in [7, 11) is 2.75. The van der Waals surface area contributed by atoms with Crippen LogP contribution in [0.2, 0.25) is 0 Å². The van der Waals surface area contributed by atoms with Gasteiger partial charge in [0, 0.05) is 10.8 Å². The van der Waals surface area contributed by atoms with Gasteiger partial charge in [0.2, 0.25) is 17.7 Å². The Morgan fingerprint density at radius 2 is 1.47 bits per heavy atom.